The minimum Gasteiger partial charge on any atom is -0.340 e. The highest BCUT2D eigenvalue weighted by Crippen LogP contribution is 2.30. The number of anilines is 1. The number of nitrogens with zero attached hydrogens (tertiary/aromatic N) is 4. The van der Waals surface area contributed by atoms with E-state index in [1.165, 1.54) is 28.8 Å². The highest BCUT2D eigenvalue weighted by Gasteiger charge is 2.32. The topological polar surface area (TPSA) is 71.6 Å². The first kappa shape index (κ1) is 18.1. The number of amides is 1. The third kappa shape index (κ3) is 3.86. The van der Waals surface area contributed by atoms with Crippen molar-refractivity contribution in [3.63, 3.8) is 0 Å². The van der Waals surface area contributed by atoms with Gasteiger partial charge < -0.3 is 4.52 Å². The number of benzene rings is 2. The first-order chi connectivity index (χ1) is 13.6. The van der Waals surface area contributed by atoms with Gasteiger partial charge in [-0.05, 0) is 35.9 Å². The van der Waals surface area contributed by atoms with E-state index in [9.17, 15) is 9.18 Å². The van der Waals surface area contributed by atoms with Crippen LogP contribution in [0.3, 0.4) is 0 Å². The highest BCUT2D eigenvalue weighted by molar-refractivity contribution is 8.13. The fourth-order valence-electron chi connectivity index (χ4n) is 2.65. The summed E-state index contributed by atoms with van der Waals surface area (Å²) in [5.74, 6) is 0.725. The van der Waals surface area contributed by atoms with Crippen LogP contribution in [0, 0.1) is 12.7 Å². The summed E-state index contributed by atoms with van der Waals surface area (Å²) in [5, 5.41) is 4.34. The molecule has 28 heavy (non-hydrogen) atoms. The Labute approximate surface area is 164 Å². The van der Waals surface area contributed by atoms with Crippen LogP contribution in [-0.4, -0.2) is 21.2 Å². The molecule has 4 rings (SSSR count). The number of carbonyl (C=O) groups excluding carboxylic acids is 1. The molecule has 1 aromatic heterocycles. The van der Waals surface area contributed by atoms with E-state index in [2.05, 4.69) is 15.1 Å². The summed E-state index contributed by atoms with van der Waals surface area (Å²) in [6.45, 7) is 1.71. The zero-order chi connectivity index (χ0) is 19.5. The van der Waals surface area contributed by atoms with Crippen molar-refractivity contribution in [1.82, 2.24) is 10.1 Å². The van der Waals surface area contributed by atoms with Crippen LogP contribution >= 0.6 is 11.8 Å². The lowest BCUT2D eigenvalue weighted by molar-refractivity contribution is -0.113. The number of rotatable bonds is 4. The minimum absolute atomic E-state index is 0.276. The summed E-state index contributed by atoms with van der Waals surface area (Å²) < 4.78 is 18.3. The average Bonchev–Trinajstić information content (AvgIpc) is 3.25. The van der Waals surface area contributed by atoms with E-state index in [1.807, 2.05) is 30.3 Å². The third-order valence-electron chi connectivity index (χ3n) is 3.92. The summed E-state index contributed by atoms with van der Waals surface area (Å²) in [7, 11) is 0. The SMILES string of the molecule is Cc1nc(CSC2=N/C(=C\c3ccccc3)C(=O)N2c2ccc(F)cc2)no1. The van der Waals surface area contributed by atoms with Gasteiger partial charge in [-0.1, -0.05) is 47.3 Å². The molecule has 0 spiro atoms. The van der Waals surface area contributed by atoms with Gasteiger partial charge >= 0.3 is 0 Å². The Morgan fingerprint density at radius 2 is 1.89 bits per heavy atom. The van der Waals surface area contributed by atoms with E-state index < -0.39 is 0 Å². The van der Waals surface area contributed by atoms with Crippen LogP contribution in [0.5, 0.6) is 0 Å². The Hall–Kier alpha value is -3.26. The standard InChI is InChI=1S/C20H15FN4O2S/c1-13-22-18(24-27-13)12-28-20-23-17(11-14-5-3-2-4-6-14)19(26)25(20)16-9-7-15(21)8-10-16/h2-11H,12H2,1H3/b17-11-. The van der Waals surface area contributed by atoms with Gasteiger partial charge in [-0.15, -0.1) is 0 Å². The highest BCUT2D eigenvalue weighted by atomic mass is 32.2. The van der Waals surface area contributed by atoms with Gasteiger partial charge in [0.15, 0.2) is 11.0 Å². The van der Waals surface area contributed by atoms with Crippen molar-refractivity contribution in [2.75, 3.05) is 4.90 Å². The van der Waals surface area contributed by atoms with Crippen LogP contribution in [-0.2, 0) is 10.5 Å². The molecule has 6 nitrogen and oxygen atoms in total. The van der Waals surface area contributed by atoms with E-state index in [1.54, 1.807) is 25.1 Å². The van der Waals surface area contributed by atoms with Crippen LogP contribution in [0.4, 0.5) is 10.1 Å². The Bertz CT molecular complexity index is 1060. The number of aromatic nitrogens is 2. The van der Waals surface area contributed by atoms with E-state index in [4.69, 9.17) is 4.52 Å². The Kier molecular flexibility index (Phi) is 5.03. The van der Waals surface area contributed by atoms with E-state index in [-0.39, 0.29) is 11.7 Å². The lowest BCUT2D eigenvalue weighted by atomic mass is 10.2. The lowest BCUT2D eigenvalue weighted by Gasteiger charge is -2.17. The van der Waals surface area contributed by atoms with Gasteiger partial charge in [0.05, 0.1) is 11.4 Å². The number of hydrogen-bond acceptors (Lipinski definition) is 6. The zero-order valence-corrected chi connectivity index (χ0v) is 15.7. The maximum Gasteiger partial charge on any atom is 0.283 e. The van der Waals surface area contributed by atoms with Gasteiger partial charge in [-0.2, -0.15) is 4.98 Å². The zero-order valence-electron chi connectivity index (χ0n) is 14.9. The molecule has 8 heteroatoms. The fourth-order valence-corrected chi connectivity index (χ4v) is 3.50. The summed E-state index contributed by atoms with van der Waals surface area (Å²) in [5.41, 5.74) is 1.72. The third-order valence-corrected chi connectivity index (χ3v) is 4.85. The van der Waals surface area contributed by atoms with Crippen molar-refractivity contribution in [2.45, 2.75) is 12.7 Å². The van der Waals surface area contributed by atoms with Crippen LogP contribution in [0.2, 0.25) is 0 Å². The summed E-state index contributed by atoms with van der Waals surface area (Å²) in [6, 6.07) is 15.2. The first-order valence-corrected chi connectivity index (χ1v) is 9.46. The Balaban J connectivity index is 1.66. The smallest absolute Gasteiger partial charge is 0.283 e. The van der Waals surface area contributed by atoms with Crippen molar-refractivity contribution >= 4 is 34.6 Å². The second kappa shape index (κ2) is 7.77. The van der Waals surface area contributed by atoms with Crippen LogP contribution in [0.25, 0.3) is 6.08 Å². The molecule has 0 fully saturated rings. The van der Waals surface area contributed by atoms with Gasteiger partial charge in [-0.25, -0.2) is 9.38 Å². The van der Waals surface area contributed by atoms with Crippen molar-refractivity contribution in [1.29, 1.82) is 0 Å². The summed E-state index contributed by atoms with van der Waals surface area (Å²) in [4.78, 5) is 23.1. The monoisotopic (exact) mass is 394 g/mol. The Morgan fingerprint density at radius 3 is 2.57 bits per heavy atom. The van der Waals surface area contributed by atoms with E-state index in [0.29, 0.717) is 34.0 Å². The molecule has 0 bridgehead atoms. The second-order valence-electron chi connectivity index (χ2n) is 5.97. The van der Waals surface area contributed by atoms with Gasteiger partial charge in [0.2, 0.25) is 5.89 Å². The average molecular weight is 394 g/mol. The number of hydrogen-bond donors (Lipinski definition) is 0. The quantitative estimate of drug-likeness (QED) is 0.621. The van der Waals surface area contributed by atoms with Crippen LogP contribution < -0.4 is 4.90 Å². The fraction of sp³-hybridized carbons (Fsp3) is 0.100. The molecule has 0 unspecified atom stereocenters. The van der Waals surface area contributed by atoms with Crippen LogP contribution in [0.15, 0.2) is 69.8 Å². The van der Waals surface area contributed by atoms with Crippen molar-refractivity contribution in [3.05, 3.63) is 83.4 Å². The second-order valence-corrected chi connectivity index (χ2v) is 6.91. The van der Waals surface area contributed by atoms with Crippen molar-refractivity contribution < 1.29 is 13.7 Å². The van der Waals surface area contributed by atoms with Crippen LogP contribution in [0.1, 0.15) is 17.3 Å². The summed E-state index contributed by atoms with van der Waals surface area (Å²) >= 11 is 1.31. The molecular weight excluding hydrogens is 379 g/mol. The predicted molar refractivity (Wildman–Crippen MR) is 106 cm³/mol. The van der Waals surface area contributed by atoms with Gasteiger partial charge in [0.1, 0.15) is 11.5 Å². The molecule has 0 aliphatic carbocycles. The number of amidine groups is 1. The van der Waals surface area contributed by atoms with Gasteiger partial charge in [0, 0.05) is 6.92 Å². The van der Waals surface area contributed by atoms with Gasteiger partial charge in [-0.3, -0.25) is 9.69 Å². The molecular formula is C20H15FN4O2S. The molecule has 2 aromatic carbocycles. The Morgan fingerprint density at radius 1 is 1.14 bits per heavy atom. The maximum absolute atomic E-state index is 13.3. The predicted octanol–water partition coefficient (Wildman–Crippen LogP) is 4.19. The van der Waals surface area contributed by atoms with E-state index in [0.717, 1.165) is 5.56 Å². The molecule has 0 radical (unpaired) electrons. The van der Waals surface area contributed by atoms with Gasteiger partial charge in [0.25, 0.3) is 5.91 Å². The molecule has 1 aliphatic heterocycles. The van der Waals surface area contributed by atoms with E-state index >= 15 is 0 Å². The normalized spacial score (nSPS) is 15.4. The number of thioether (sulfide) groups is 1. The molecule has 3 aromatic rings. The summed E-state index contributed by atoms with van der Waals surface area (Å²) in [6.07, 6.45) is 1.73. The number of carbonyl (C=O) groups is 1. The molecule has 0 saturated heterocycles. The molecule has 140 valence electrons. The molecule has 2 heterocycles. The minimum atomic E-state index is -0.371. The molecule has 1 amide bonds. The molecule has 0 atom stereocenters. The molecule has 1 aliphatic rings. The lowest BCUT2D eigenvalue weighted by Crippen LogP contribution is -2.30. The first-order valence-electron chi connectivity index (χ1n) is 8.47. The number of halogens is 1. The maximum atomic E-state index is 13.3. The molecule has 0 N–H and O–H groups in total. The number of aliphatic imine (C=N–C) groups is 1. The van der Waals surface area contributed by atoms with Crippen molar-refractivity contribution in [3.8, 4) is 0 Å². The molecule has 0 saturated carbocycles. The van der Waals surface area contributed by atoms with Crippen molar-refractivity contribution in [2.24, 2.45) is 4.99 Å². The largest absolute Gasteiger partial charge is 0.340 e. The number of aryl methyl sites for hydroxylation is 1.